The Labute approximate surface area is 171 Å². The number of anilines is 1. The molecule has 1 heterocycles. The summed E-state index contributed by atoms with van der Waals surface area (Å²) in [7, 11) is -3.58. The number of halogens is 3. The summed E-state index contributed by atoms with van der Waals surface area (Å²) in [5.74, 6) is -1.60. The highest BCUT2D eigenvalue weighted by molar-refractivity contribution is 7.99. The molecule has 156 valence electrons. The van der Waals surface area contributed by atoms with Crippen molar-refractivity contribution in [3.63, 3.8) is 0 Å². The fourth-order valence-electron chi connectivity index (χ4n) is 2.91. The average Bonchev–Trinajstić information content (AvgIpc) is 3.22. The smallest absolute Gasteiger partial charge is 0.321 e. The van der Waals surface area contributed by atoms with Gasteiger partial charge in [-0.2, -0.15) is 17.5 Å². The Bertz CT molecular complexity index is 971. The zero-order valence-electron chi connectivity index (χ0n) is 15.3. The van der Waals surface area contributed by atoms with Gasteiger partial charge >= 0.3 is 6.18 Å². The topological polar surface area (TPSA) is 66.5 Å². The summed E-state index contributed by atoms with van der Waals surface area (Å²) in [6, 6.07) is 11.7. The average molecular weight is 445 g/mol. The highest BCUT2D eigenvalue weighted by Gasteiger charge is 2.28. The molecule has 0 radical (unpaired) electrons. The van der Waals surface area contributed by atoms with Gasteiger partial charge in [0.25, 0.3) is 5.91 Å². The van der Waals surface area contributed by atoms with E-state index in [-0.39, 0.29) is 16.1 Å². The SMILES string of the molecule is O=C(Nc1ccccc1SCC(F)(F)F)c1ccc(S(=O)(=O)N2CCCC2)cc1. The summed E-state index contributed by atoms with van der Waals surface area (Å²) >= 11 is 0.587. The molecule has 1 fully saturated rings. The minimum atomic E-state index is -4.32. The molecule has 0 saturated carbocycles. The van der Waals surface area contributed by atoms with Gasteiger partial charge in [0.2, 0.25) is 10.0 Å². The van der Waals surface area contributed by atoms with Crippen molar-refractivity contribution >= 4 is 33.4 Å². The van der Waals surface area contributed by atoms with Crippen LogP contribution in [0.25, 0.3) is 0 Å². The zero-order chi connectivity index (χ0) is 21.1. The van der Waals surface area contributed by atoms with E-state index < -0.39 is 27.9 Å². The number of carbonyl (C=O) groups is 1. The van der Waals surface area contributed by atoms with E-state index in [0.717, 1.165) is 12.8 Å². The van der Waals surface area contributed by atoms with E-state index >= 15 is 0 Å². The fraction of sp³-hybridized carbons (Fsp3) is 0.316. The zero-order valence-corrected chi connectivity index (χ0v) is 16.9. The van der Waals surface area contributed by atoms with Crippen LogP contribution in [-0.2, 0) is 10.0 Å². The van der Waals surface area contributed by atoms with Crippen LogP contribution >= 0.6 is 11.8 Å². The second-order valence-corrected chi connectivity index (χ2v) is 9.44. The molecule has 3 rings (SSSR count). The number of hydrogen-bond acceptors (Lipinski definition) is 4. The van der Waals surface area contributed by atoms with Crippen molar-refractivity contribution in [1.82, 2.24) is 4.31 Å². The van der Waals surface area contributed by atoms with Crippen LogP contribution in [0.2, 0.25) is 0 Å². The van der Waals surface area contributed by atoms with Crippen molar-refractivity contribution in [2.24, 2.45) is 0 Å². The largest absolute Gasteiger partial charge is 0.398 e. The summed E-state index contributed by atoms with van der Waals surface area (Å²) in [6.07, 6.45) is -2.67. The van der Waals surface area contributed by atoms with Crippen LogP contribution < -0.4 is 5.32 Å². The van der Waals surface area contributed by atoms with Gasteiger partial charge in [0.1, 0.15) is 0 Å². The Balaban J connectivity index is 1.72. The summed E-state index contributed by atoms with van der Waals surface area (Å²) in [4.78, 5) is 12.9. The molecule has 0 spiro atoms. The molecule has 1 amide bonds. The van der Waals surface area contributed by atoms with Gasteiger partial charge < -0.3 is 5.32 Å². The number of hydrogen-bond donors (Lipinski definition) is 1. The van der Waals surface area contributed by atoms with Gasteiger partial charge in [-0.25, -0.2) is 8.42 Å². The first-order valence-electron chi connectivity index (χ1n) is 8.87. The molecule has 5 nitrogen and oxygen atoms in total. The maximum Gasteiger partial charge on any atom is 0.398 e. The van der Waals surface area contributed by atoms with Crippen LogP contribution in [0.3, 0.4) is 0 Å². The number of amides is 1. The highest BCUT2D eigenvalue weighted by Crippen LogP contribution is 2.32. The maximum atomic E-state index is 12.5. The standard InChI is InChI=1S/C19H19F3N2O3S2/c20-19(21,22)13-28-17-6-2-1-5-16(17)23-18(25)14-7-9-15(10-8-14)29(26,27)24-11-3-4-12-24/h1-2,5-10H,3-4,11-13H2,(H,23,25). The van der Waals surface area contributed by atoms with Crippen molar-refractivity contribution in [2.45, 2.75) is 28.8 Å². The number of thioether (sulfide) groups is 1. The summed E-state index contributed by atoms with van der Waals surface area (Å²) in [5.41, 5.74) is 0.474. The Morgan fingerprint density at radius 2 is 1.66 bits per heavy atom. The molecular formula is C19H19F3N2O3S2. The third kappa shape index (κ3) is 5.52. The molecule has 0 atom stereocenters. The normalized spacial score (nSPS) is 15.4. The van der Waals surface area contributed by atoms with E-state index in [9.17, 15) is 26.4 Å². The fourth-order valence-corrected chi connectivity index (χ4v) is 5.19. The summed E-state index contributed by atoms with van der Waals surface area (Å²) in [5, 5.41) is 2.59. The molecule has 1 N–H and O–H groups in total. The first-order chi connectivity index (χ1) is 13.7. The van der Waals surface area contributed by atoms with Crippen molar-refractivity contribution in [3.05, 3.63) is 54.1 Å². The molecular weight excluding hydrogens is 425 g/mol. The lowest BCUT2D eigenvalue weighted by molar-refractivity contribution is -0.105. The predicted molar refractivity (Wildman–Crippen MR) is 106 cm³/mol. The van der Waals surface area contributed by atoms with E-state index in [0.29, 0.717) is 29.7 Å². The van der Waals surface area contributed by atoms with Crippen LogP contribution in [0, 0.1) is 0 Å². The third-order valence-corrected chi connectivity index (χ3v) is 7.40. The molecule has 1 aliphatic heterocycles. The monoisotopic (exact) mass is 444 g/mol. The number of rotatable bonds is 6. The molecule has 1 aliphatic rings. The van der Waals surface area contributed by atoms with Gasteiger partial charge in [-0.1, -0.05) is 12.1 Å². The van der Waals surface area contributed by atoms with Crippen LogP contribution in [0.15, 0.2) is 58.3 Å². The lowest BCUT2D eigenvalue weighted by Gasteiger charge is -2.16. The molecule has 0 aromatic heterocycles. The number of sulfonamides is 1. The van der Waals surface area contributed by atoms with Crippen LogP contribution in [0.1, 0.15) is 23.2 Å². The van der Waals surface area contributed by atoms with Crippen LogP contribution in [0.4, 0.5) is 18.9 Å². The minimum absolute atomic E-state index is 0.108. The van der Waals surface area contributed by atoms with Gasteiger partial charge in [0.15, 0.2) is 0 Å². The van der Waals surface area contributed by atoms with Crippen LogP contribution in [0.5, 0.6) is 0 Å². The Hall–Kier alpha value is -2.04. The molecule has 2 aromatic rings. The summed E-state index contributed by atoms with van der Waals surface area (Å²) < 4.78 is 63.9. The van der Waals surface area contributed by atoms with Gasteiger partial charge in [-0.15, -0.1) is 11.8 Å². The molecule has 0 unspecified atom stereocenters. The molecule has 1 saturated heterocycles. The number of carbonyl (C=O) groups excluding carboxylic acids is 1. The lowest BCUT2D eigenvalue weighted by atomic mass is 10.2. The van der Waals surface area contributed by atoms with E-state index in [1.54, 1.807) is 12.1 Å². The number of alkyl halides is 3. The van der Waals surface area contributed by atoms with Gasteiger partial charge in [-0.05, 0) is 49.2 Å². The number of benzene rings is 2. The quantitative estimate of drug-likeness (QED) is 0.672. The predicted octanol–water partition coefficient (Wildman–Crippen LogP) is 4.38. The molecule has 29 heavy (non-hydrogen) atoms. The Morgan fingerprint density at radius 1 is 1.03 bits per heavy atom. The number of nitrogens with one attached hydrogen (secondary N) is 1. The molecule has 0 aliphatic carbocycles. The van der Waals surface area contributed by atoms with Crippen molar-refractivity contribution in [2.75, 3.05) is 24.2 Å². The first kappa shape index (κ1) is 21.7. The van der Waals surface area contributed by atoms with Crippen molar-refractivity contribution in [1.29, 1.82) is 0 Å². The van der Waals surface area contributed by atoms with E-state index in [1.807, 2.05) is 0 Å². The highest BCUT2D eigenvalue weighted by atomic mass is 32.2. The summed E-state index contributed by atoms with van der Waals surface area (Å²) in [6.45, 7) is 0.966. The second kappa shape index (κ2) is 8.76. The number of para-hydroxylation sites is 1. The van der Waals surface area contributed by atoms with E-state index in [2.05, 4.69) is 5.32 Å². The molecule has 10 heteroatoms. The molecule has 0 bridgehead atoms. The number of nitrogens with zero attached hydrogens (tertiary/aromatic N) is 1. The van der Waals surface area contributed by atoms with Gasteiger partial charge in [0.05, 0.1) is 16.3 Å². The second-order valence-electron chi connectivity index (χ2n) is 6.49. The Morgan fingerprint density at radius 3 is 2.28 bits per heavy atom. The van der Waals surface area contributed by atoms with Crippen LogP contribution in [-0.4, -0.2) is 43.6 Å². The minimum Gasteiger partial charge on any atom is -0.321 e. The van der Waals surface area contributed by atoms with Gasteiger partial charge in [-0.3, -0.25) is 4.79 Å². The van der Waals surface area contributed by atoms with Crippen molar-refractivity contribution < 1.29 is 26.4 Å². The third-order valence-electron chi connectivity index (χ3n) is 4.35. The van der Waals surface area contributed by atoms with Crippen molar-refractivity contribution in [3.8, 4) is 0 Å². The van der Waals surface area contributed by atoms with E-state index in [4.69, 9.17) is 0 Å². The lowest BCUT2D eigenvalue weighted by Crippen LogP contribution is -2.27. The maximum absolute atomic E-state index is 12.5. The van der Waals surface area contributed by atoms with Gasteiger partial charge in [0, 0.05) is 23.5 Å². The first-order valence-corrected chi connectivity index (χ1v) is 11.3. The van der Waals surface area contributed by atoms with E-state index in [1.165, 1.54) is 40.7 Å². The Kier molecular flexibility index (Phi) is 6.55. The molecule has 2 aromatic carbocycles.